The van der Waals surface area contributed by atoms with E-state index in [1.807, 2.05) is 43.3 Å². The smallest absolute Gasteiger partial charge is 0.0841 e. The number of aryl methyl sites for hydroxylation is 1. The lowest BCUT2D eigenvalue weighted by atomic mass is 10.0. The van der Waals surface area contributed by atoms with E-state index in [-0.39, 0.29) is 0 Å². The zero-order valence-electron chi connectivity index (χ0n) is 10.3. The van der Waals surface area contributed by atoms with Gasteiger partial charge in [-0.2, -0.15) is 0 Å². The van der Waals surface area contributed by atoms with Gasteiger partial charge in [0.05, 0.1) is 6.10 Å². The molecule has 1 unspecified atom stereocenters. The largest absolute Gasteiger partial charge is 0.388 e. The minimum absolute atomic E-state index is 0.494. The van der Waals surface area contributed by atoms with Gasteiger partial charge in [-0.3, -0.25) is 0 Å². The normalized spacial score (nSPS) is 12.5. The van der Waals surface area contributed by atoms with E-state index in [1.165, 1.54) is 0 Å². The molecule has 2 aromatic carbocycles. The molecule has 0 aliphatic carbocycles. The van der Waals surface area contributed by atoms with Gasteiger partial charge in [0.15, 0.2) is 0 Å². The van der Waals surface area contributed by atoms with Crippen molar-refractivity contribution in [1.29, 1.82) is 0 Å². The van der Waals surface area contributed by atoms with Crippen LogP contribution in [0, 0.1) is 6.92 Å². The highest BCUT2D eigenvalue weighted by molar-refractivity contribution is 9.10. The predicted molar refractivity (Wildman–Crippen MR) is 86.7 cm³/mol. The van der Waals surface area contributed by atoms with Gasteiger partial charge in [0.25, 0.3) is 0 Å². The van der Waals surface area contributed by atoms with E-state index in [0.29, 0.717) is 11.4 Å². The van der Waals surface area contributed by atoms with Crippen LogP contribution >= 0.6 is 43.5 Å². The van der Waals surface area contributed by atoms with Crippen LogP contribution in [-0.4, -0.2) is 5.11 Å². The minimum atomic E-state index is -0.575. The van der Waals surface area contributed by atoms with Gasteiger partial charge in [0, 0.05) is 20.4 Å². The monoisotopic (exact) mass is 402 g/mol. The molecule has 2 aromatic rings. The van der Waals surface area contributed by atoms with Gasteiger partial charge in [-0.1, -0.05) is 61.7 Å². The molecule has 0 radical (unpaired) electrons. The molecule has 0 aliphatic rings. The molecule has 1 N–H and O–H groups in total. The van der Waals surface area contributed by atoms with Crippen molar-refractivity contribution in [2.45, 2.75) is 19.4 Å². The first-order chi connectivity index (χ1) is 8.97. The van der Waals surface area contributed by atoms with Crippen molar-refractivity contribution >= 4 is 43.5 Å². The fourth-order valence-corrected chi connectivity index (χ4v) is 3.42. The van der Waals surface area contributed by atoms with E-state index >= 15 is 0 Å². The van der Waals surface area contributed by atoms with Crippen LogP contribution in [0.1, 0.15) is 22.8 Å². The molecule has 0 aliphatic heterocycles. The maximum atomic E-state index is 10.3. The predicted octanol–water partition coefficient (Wildman–Crippen LogP) is 5.45. The van der Waals surface area contributed by atoms with Crippen LogP contribution in [0.25, 0.3) is 0 Å². The van der Waals surface area contributed by atoms with Crippen molar-refractivity contribution in [1.82, 2.24) is 0 Å². The number of benzene rings is 2. The fraction of sp³-hybridized carbons (Fsp3) is 0.200. The highest BCUT2D eigenvalue weighted by Crippen LogP contribution is 2.30. The molecule has 1 atom stereocenters. The Kier molecular flexibility index (Phi) is 5.07. The van der Waals surface area contributed by atoms with Crippen LogP contribution in [0.4, 0.5) is 0 Å². The molecule has 0 amide bonds. The molecule has 0 aromatic heterocycles. The Hall–Kier alpha value is -0.350. The molecule has 0 saturated heterocycles. The first-order valence-electron chi connectivity index (χ1n) is 5.85. The third-order valence-electron chi connectivity index (χ3n) is 2.94. The van der Waals surface area contributed by atoms with Crippen molar-refractivity contribution in [3.8, 4) is 0 Å². The molecule has 100 valence electrons. The maximum absolute atomic E-state index is 10.3. The van der Waals surface area contributed by atoms with Crippen LogP contribution in [0.5, 0.6) is 0 Å². The Bertz CT molecular complexity index is 599. The zero-order chi connectivity index (χ0) is 14.0. The maximum Gasteiger partial charge on any atom is 0.0841 e. The molecule has 19 heavy (non-hydrogen) atoms. The molecular weight excluding hydrogens is 391 g/mol. The Labute approximate surface area is 134 Å². The van der Waals surface area contributed by atoms with Crippen molar-refractivity contribution in [2.24, 2.45) is 0 Å². The molecule has 0 spiro atoms. The van der Waals surface area contributed by atoms with Crippen LogP contribution in [0.2, 0.25) is 5.02 Å². The standard InChI is InChI=1S/C15H13Br2ClO/c1-9-2-5-12(13(17)6-9)15(19)7-10-3-4-11(16)8-14(10)18/h2-6,8,15,19H,7H2,1H3. The Morgan fingerprint density at radius 3 is 2.53 bits per heavy atom. The van der Waals surface area contributed by atoms with Crippen LogP contribution in [-0.2, 0) is 6.42 Å². The minimum Gasteiger partial charge on any atom is -0.388 e. The van der Waals surface area contributed by atoms with E-state index in [1.54, 1.807) is 0 Å². The van der Waals surface area contributed by atoms with E-state index in [2.05, 4.69) is 31.9 Å². The summed E-state index contributed by atoms with van der Waals surface area (Å²) in [5.41, 5.74) is 2.97. The topological polar surface area (TPSA) is 20.2 Å². The zero-order valence-corrected chi connectivity index (χ0v) is 14.3. The first-order valence-corrected chi connectivity index (χ1v) is 7.82. The van der Waals surface area contributed by atoms with Gasteiger partial charge in [-0.25, -0.2) is 0 Å². The third kappa shape index (κ3) is 3.82. The van der Waals surface area contributed by atoms with E-state index < -0.39 is 6.10 Å². The quantitative estimate of drug-likeness (QED) is 0.721. The molecule has 2 rings (SSSR count). The van der Waals surface area contributed by atoms with E-state index in [4.69, 9.17) is 11.6 Å². The number of hydrogen-bond donors (Lipinski definition) is 1. The third-order valence-corrected chi connectivity index (χ3v) is 4.48. The summed E-state index contributed by atoms with van der Waals surface area (Å²) in [5, 5.41) is 11.0. The molecule has 0 saturated carbocycles. The summed E-state index contributed by atoms with van der Waals surface area (Å²) in [7, 11) is 0. The number of rotatable bonds is 3. The molecular formula is C15H13Br2ClO. The van der Waals surface area contributed by atoms with Crippen molar-refractivity contribution in [2.75, 3.05) is 0 Å². The molecule has 4 heteroatoms. The van der Waals surface area contributed by atoms with Crippen molar-refractivity contribution in [3.05, 3.63) is 67.1 Å². The van der Waals surface area contributed by atoms with Gasteiger partial charge in [0.2, 0.25) is 0 Å². The lowest BCUT2D eigenvalue weighted by Crippen LogP contribution is -2.03. The number of halogens is 3. The van der Waals surface area contributed by atoms with Crippen LogP contribution in [0.15, 0.2) is 45.3 Å². The highest BCUT2D eigenvalue weighted by atomic mass is 79.9. The van der Waals surface area contributed by atoms with Gasteiger partial charge in [-0.15, -0.1) is 0 Å². The Balaban J connectivity index is 2.23. The average molecular weight is 405 g/mol. The summed E-state index contributed by atoms with van der Waals surface area (Å²) in [5.74, 6) is 0. The molecule has 1 nitrogen and oxygen atoms in total. The summed E-state index contributed by atoms with van der Waals surface area (Å²) < 4.78 is 1.86. The van der Waals surface area contributed by atoms with Gasteiger partial charge in [0.1, 0.15) is 0 Å². The second kappa shape index (κ2) is 6.40. The number of hydrogen-bond acceptors (Lipinski definition) is 1. The molecule has 0 fully saturated rings. The van der Waals surface area contributed by atoms with Crippen LogP contribution in [0.3, 0.4) is 0 Å². The Morgan fingerprint density at radius 2 is 1.89 bits per heavy atom. The molecule has 0 bridgehead atoms. The van der Waals surface area contributed by atoms with Gasteiger partial charge >= 0.3 is 0 Å². The van der Waals surface area contributed by atoms with Crippen molar-refractivity contribution in [3.63, 3.8) is 0 Å². The van der Waals surface area contributed by atoms with E-state index in [9.17, 15) is 5.11 Å². The summed E-state index contributed by atoms with van der Waals surface area (Å²) >= 11 is 13.0. The van der Waals surface area contributed by atoms with Gasteiger partial charge in [-0.05, 0) is 41.8 Å². The first kappa shape index (κ1) is 15.0. The van der Waals surface area contributed by atoms with E-state index in [0.717, 1.165) is 25.6 Å². The number of aliphatic hydroxyl groups is 1. The lowest BCUT2D eigenvalue weighted by molar-refractivity contribution is 0.177. The summed E-state index contributed by atoms with van der Waals surface area (Å²) in [6.45, 7) is 2.02. The summed E-state index contributed by atoms with van der Waals surface area (Å²) in [6, 6.07) is 11.6. The SMILES string of the molecule is Cc1ccc(C(O)Cc2ccc(Br)cc2Cl)c(Br)c1. The lowest BCUT2D eigenvalue weighted by Gasteiger charge is -2.14. The molecule has 0 heterocycles. The van der Waals surface area contributed by atoms with Crippen LogP contribution < -0.4 is 0 Å². The number of aliphatic hydroxyl groups excluding tert-OH is 1. The van der Waals surface area contributed by atoms with Gasteiger partial charge < -0.3 is 5.11 Å². The van der Waals surface area contributed by atoms with Crippen molar-refractivity contribution < 1.29 is 5.11 Å². The fourth-order valence-electron chi connectivity index (χ4n) is 1.91. The Morgan fingerprint density at radius 1 is 1.16 bits per heavy atom. The second-order valence-corrected chi connectivity index (χ2v) is 6.66. The summed E-state index contributed by atoms with van der Waals surface area (Å²) in [6.07, 6.45) is -0.0815. The highest BCUT2D eigenvalue weighted by Gasteiger charge is 2.14. The average Bonchev–Trinajstić information content (AvgIpc) is 2.32. The summed E-state index contributed by atoms with van der Waals surface area (Å²) in [4.78, 5) is 0. The second-order valence-electron chi connectivity index (χ2n) is 4.48.